The molecule has 2 heterocycles. The Labute approximate surface area is 133 Å². The van der Waals surface area contributed by atoms with Crippen molar-refractivity contribution in [1.82, 2.24) is 9.97 Å². The topological polar surface area (TPSA) is 46.1 Å². The molecule has 3 rings (SSSR count). The summed E-state index contributed by atoms with van der Waals surface area (Å²) in [5.74, 6) is 0.709. The molecule has 0 fully saturated rings. The first-order valence-corrected chi connectivity index (χ1v) is 7.06. The highest BCUT2D eigenvalue weighted by atomic mass is 35.5. The van der Waals surface area contributed by atoms with Gasteiger partial charge in [0.15, 0.2) is 0 Å². The molecule has 4 nitrogen and oxygen atoms in total. The van der Waals surface area contributed by atoms with Crippen molar-refractivity contribution in [3.63, 3.8) is 0 Å². The van der Waals surface area contributed by atoms with Crippen molar-refractivity contribution >= 4 is 29.1 Å². The Bertz CT molecular complexity index is 739. The molecule has 0 aliphatic heterocycles. The van der Waals surface area contributed by atoms with Gasteiger partial charge in [0, 0.05) is 12.4 Å². The lowest BCUT2D eigenvalue weighted by Gasteiger charge is -2.21. The van der Waals surface area contributed by atoms with E-state index in [9.17, 15) is 4.79 Å². The molecule has 0 spiro atoms. The summed E-state index contributed by atoms with van der Waals surface area (Å²) in [6, 6.07) is 17.6. The lowest BCUT2D eigenvalue weighted by Crippen LogP contribution is -2.27. The Kier molecular flexibility index (Phi) is 4.12. The van der Waals surface area contributed by atoms with Crippen LogP contribution >= 0.6 is 11.6 Å². The maximum Gasteiger partial charge on any atom is 0.266 e. The lowest BCUT2D eigenvalue weighted by atomic mass is 10.2. The summed E-state index contributed by atoms with van der Waals surface area (Å²) < 4.78 is 0. The molecule has 0 aliphatic carbocycles. The molecule has 0 bridgehead atoms. The van der Waals surface area contributed by atoms with E-state index in [1.807, 2.05) is 12.1 Å². The molecule has 3 aromatic rings. The van der Waals surface area contributed by atoms with Gasteiger partial charge in [0.25, 0.3) is 5.91 Å². The third kappa shape index (κ3) is 2.82. The molecule has 22 heavy (non-hydrogen) atoms. The third-order valence-corrected chi connectivity index (χ3v) is 3.39. The number of pyridine rings is 2. The van der Waals surface area contributed by atoms with Crippen LogP contribution in [-0.2, 0) is 0 Å². The normalized spacial score (nSPS) is 10.2. The van der Waals surface area contributed by atoms with E-state index in [0.29, 0.717) is 22.2 Å². The van der Waals surface area contributed by atoms with Crippen LogP contribution in [0.3, 0.4) is 0 Å². The number of anilines is 2. The molecule has 0 saturated carbocycles. The summed E-state index contributed by atoms with van der Waals surface area (Å²) in [5.41, 5.74) is 0.403. The number of amides is 1. The van der Waals surface area contributed by atoms with Crippen LogP contribution in [0.5, 0.6) is 0 Å². The lowest BCUT2D eigenvalue weighted by molar-refractivity contribution is 0.0998. The van der Waals surface area contributed by atoms with Gasteiger partial charge in [-0.1, -0.05) is 35.9 Å². The smallest absolute Gasteiger partial charge is 0.266 e. The Morgan fingerprint density at radius 1 is 0.818 bits per heavy atom. The van der Waals surface area contributed by atoms with Gasteiger partial charge in [-0.2, -0.15) is 0 Å². The minimum Gasteiger partial charge on any atom is -0.268 e. The van der Waals surface area contributed by atoms with E-state index < -0.39 is 0 Å². The van der Waals surface area contributed by atoms with Crippen molar-refractivity contribution in [3.8, 4) is 0 Å². The quantitative estimate of drug-likeness (QED) is 0.731. The van der Waals surface area contributed by atoms with Crippen LogP contribution in [0, 0.1) is 0 Å². The number of nitrogens with zero attached hydrogens (tertiary/aromatic N) is 3. The van der Waals surface area contributed by atoms with Crippen molar-refractivity contribution < 1.29 is 4.79 Å². The number of halogens is 1. The fourth-order valence-electron chi connectivity index (χ4n) is 2.05. The zero-order chi connectivity index (χ0) is 15.4. The predicted molar refractivity (Wildman–Crippen MR) is 86.4 cm³/mol. The summed E-state index contributed by atoms with van der Waals surface area (Å²) in [5, 5.41) is 0.393. The fourth-order valence-corrected chi connectivity index (χ4v) is 2.27. The number of rotatable bonds is 3. The van der Waals surface area contributed by atoms with Crippen LogP contribution in [-0.4, -0.2) is 15.9 Å². The summed E-state index contributed by atoms with van der Waals surface area (Å²) in [6.45, 7) is 0. The number of carbonyl (C=O) groups excluding carboxylic acids is 1. The van der Waals surface area contributed by atoms with Crippen LogP contribution in [0.25, 0.3) is 0 Å². The number of aromatic nitrogens is 2. The fraction of sp³-hybridized carbons (Fsp3) is 0. The van der Waals surface area contributed by atoms with Crippen LogP contribution in [0.4, 0.5) is 11.6 Å². The molecular formula is C17H12ClN3O. The summed E-state index contributed by atoms with van der Waals surface area (Å²) in [4.78, 5) is 22.9. The first kappa shape index (κ1) is 14.2. The Balaban J connectivity index is 2.11. The van der Waals surface area contributed by atoms with Gasteiger partial charge in [-0.15, -0.1) is 0 Å². The van der Waals surface area contributed by atoms with Crippen molar-refractivity contribution in [2.75, 3.05) is 4.90 Å². The number of hydrogen-bond donors (Lipinski definition) is 0. The Morgan fingerprint density at radius 2 is 1.36 bits per heavy atom. The van der Waals surface area contributed by atoms with Crippen LogP contribution in [0.1, 0.15) is 10.4 Å². The minimum atomic E-state index is -0.275. The molecule has 2 aromatic heterocycles. The van der Waals surface area contributed by atoms with Gasteiger partial charge in [-0.3, -0.25) is 4.79 Å². The van der Waals surface area contributed by atoms with Gasteiger partial charge in [0.05, 0.1) is 10.6 Å². The standard InChI is InChI=1S/C17H12ClN3O/c18-14-8-2-1-7-13(14)17(22)21(15-9-3-5-11-19-15)16-10-4-6-12-20-16/h1-12H. The van der Waals surface area contributed by atoms with E-state index in [4.69, 9.17) is 11.6 Å². The first-order chi connectivity index (χ1) is 10.8. The SMILES string of the molecule is O=C(c1ccccc1Cl)N(c1ccccn1)c1ccccn1. The monoisotopic (exact) mass is 309 g/mol. The second-order valence-corrected chi connectivity index (χ2v) is 4.90. The van der Waals surface area contributed by atoms with Gasteiger partial charge in [0.1, 0.15) is 11.6 Å². The van der Waals surface area contributed by atoms with Gasteiger partial charge in [-0.05, 0) is 36.4 Å². The summed E-state index contributed by atoms with van der Waals surface area (Å²) >= 11 is 6.15. The molecule has 0 radical (unpaired) electrons. The summed E-state index contributed by atoms with van der Waals surface area (Å²) in [7, 11) is 0. The van der Waals surface area contributed by atoms with Crippen LogP contribution < -0.4 is 4.90 Å². The third-order valence-electron chi connectivity index (χ3n) is 3.06. The molecule has 1 amide bonds. The van der Waals surface area contributed by atoms with Gasteiger partial charge >= 0.3 is 0 Å². The highest BCUT2D eigenvalue weighted by Crippen LogP contribution is 2.26. The molecule has 0 unspecified atom stereocenters. The minimum absolute atomic E-state index is 0.275. The van der Waals surface area contributed by atoms with Gasteiger partial charge in [-0.25, -0.2) is 14.9 Å². The van der Waals surface area contributed by atoms with E-state index >= 15 is 0 Å². The maximum absolute atomic E-state index is 12.9. The van der Waals surface area contributed by atoms with E-state index in [1.165, 1.54) is 4.90 Å². The van der Waals surface area contributed by atoms with Gasteiger partial charge in [0.2, 0.25) is 0 Å². The van der Waals surface area contributed by atoms with E-state index in [0.717, 1.165) is 0 Å². The second-order valence-electron chi connectivity index (χ2n) is 4.50. The number of carbonyl (C=O) groups is 1. The molecule has 0 saturated heterocycles. The molecule has 0 aliphatic rings. The van der Waals surface area contributed by atoms with E-state index in [-0.39, 0.29) is 5.91 Å². The molecule has 0 atom stereocenters. The Morgan fingerprint density at radius 3 is 1.86 bits per heavy atom. The zero-order valence-corrected chi connectivity index (χ0v) is 12.3. The van der Waals surface area contributed by atoms with Crippen LogP contribution in [0.2, 0.25) is 5.02 Å². The van der Waals surface area contributed by atoms with E-state index in [1.54, 1.807) is 60.9 Å². The zero-order valence-electron chi connectivity index (χ0n) is 11.6. The van der Waals surface area contributed by atoms with Crippen molar-refractivity contribution in [2.45, 2.75) is 0 Å². The van der Waals surface area contributed by atoms with Crippen LogP contribution in [0.15, 0.2) is 73.1 Å². The van der Waals surface area contributed by atoms with Gasteiger partial charge < -0.3 is 0 Å². The average molecular weight is 310 g/mol. The molecule has 0 N–H and O–H groups in total. The van der Waals surface area contributed by atoms with Crippen molar-refractivity contribution in [2.24, 2.45) is 0 Å². The largest absolute Gasteiger partial charge is 0.268 e. The highest BCUT2D eigenvalue weighted by molar-refractivity contribution is 6.34. The molecule has 5 heteroatoms. The van der Waals surface area contributed by atoms with Crippen molar-refractivity contribution in [3.05, 3.63) is 83.6 Å². The average Bonchev–Trinajstić information content (AvgIpc) is 2.57. The number of benzene rings is 1. The predicted octanol–water partition coefficient (Wildman–Crippen LogP) is 4.11. The molecule has 108 valence electrons. The van der Waals surface area contributed by atoms with E-state index in [2.05, 4.69) is 9.97 Å². The second kappa shape index (κ2) is 6.37. The first-order valence-electron chi connectivity index (χ1n) is 6.68. The molecule has 1 aromatic carbocycles. The maximum atomic E-state index is 12.9. The Hall–Kier alpha value is -2.72. The summed E-state index contributed by atoms with van der Waals surface area (Å²) in [6.07, 6.45) is 3.26. The molecular weight excluding hydrogens is 298 g/mol. The van der Waals surface area contributed by atoms with Crippen molar-refractivity contribution in [1.29, 1.82) is 0 Å². The highest BCUT2D eigenvalue weighted by Gasteiger charge is 2.23. The number of hydrogen-bond acceptors (Lipinski definition) is 3.